The minimum Gasteiger partial charge on any atom is -0.504 e. The van der Waals surface area contributed by atoms with Crippen LogP contribution in [0.15, 0.2) is 82.7 Å². The first-order valence-corrected chi connectivity index (χ1v) is 12.6. The predicted molar refractivity (Wildman–Crippen MR) is 136 cm³/mol. The van der Waals surface area contributed by atoms with Crippen molar-refractivity contribution in [2.45, 2.75) is 31.8 Å². The van der Waals surface area contributed by atoms with E-state index in [-0.39, 0.29) is 35.4 Å². The summed E-state index contributed by atoms with van der Waals surface area (Å²) in [7, 11) is 0. The van der Waals surface area contributed by atoms with Crippen LogP contribution in [0.3, 0.4) is 0 Å². The van der Waals surface area contributed by atoms with Crippen LogP contribution in [0.4, 0.5) is 0 Å². The van der Waals surface area contributed by atoms with Crippen LogP contribution in [0.25, 0.3) is 0 Å². The quantitative estimate of drug-likeness (QED) is 0.405. The van der Waals surface area contributed by atoms with Gasteiger partial charge in [0.25, 0.3) is 5.91 Å². The molecule has 2 atom stereocenters. The number of hydrogen-bond donors (Lipinski definition) is 2. The Labute approximate surface area is 215 Å². The van der Waals surface area contributed by atoms with Crippen molar-refractivity contribution in [1.82, 2.24) is 9.80 Å². The Morgan fingerprint density at radius 2 is 1.84 bits per heavy atom. The van der Waals surface area contributed by atoms with E-state index in [1.54, 1.807) is 30.0 Å². The Morgan fingerprint density at radius 3 is 2.51 bits per heavy atom. The van der Waals surface area contributed by atoms with E-state index >= 15 is 0 Å². The van der Waals surface area contributed by atoms with Crippen molar-refractivity contribution in [2.24, 2.45) is 0 Å². The highest BCUT2D eigenvalue weighted by Gasteiger charge is 2.46. The fourth-order valence-electron chi connectivity index (χ4n) is 5.28. The van der Waals surface area contributed by atoms with Gasteiger partial charge in [-0.1, -0.05) is 36.4 Å². The summed E-state index contributed by atoms with van der Waals surface area (Å²) in [6.45, 7) is 4.19. The highest BCUT2D eigenvalue weighted by Crippen LogP contribution is 2.43. The van der Waals surface area contributed by atoms with E-state index in [1.807, 2.05) is 30.3 Å². The monoisotopic (exact) mass is 502 g/mol. The summed E-state index contributed by atoms with van der Waals surface area (Å²) in [4.78, 5) is 31.0. The van der Waals surface area contributed by atoms with E-state index in [1.165, 1.54) is 18.4 Å². The van der Waals surface area contributed by atoms with Gasteiger partial charge in [-0.25, -0.2) is 0 Å². The van der Waals surface area contributed by atoms with Gasteiger partial charge in [0.1, 0.15) is 0 Å². The Balaban J connectivity index is 1.59. The number of likely N-dealkylation sites (tertiary alicyclic amines) is 1. The summed E-state index contributed by atoms with van der Waals surface area (Å²) in [5.41, 5.74) is 1.55. The van der Waals surface area contributed by atoms with Gasteiger partial charge in [-0.2, -0.15) is 0 Å². The van der Waals surface area contributed by atoms with Crippen LogP contribution in [0.5, 0.6) is 11.5 Å². The zero-order chi connectivity index (χ0) is 25.9. The number of nitrogens with zero attached hydrogens (tertiary/aromatic N) is 2. The van der Waals surface area contributed by atoms with Crippen LogP contribution in [-0.4, -0.2) is 57.9 Å². The second-order valence-electron chi connectivity index (χ2n) is 9.26. The number of carbonyl (C=O) groups excluding carboxylic acids is 2. The first-order valence-electron chi connectivity index (χ1n) is 12.6. The third kappa shape index (κ3) is 4.72. The molecule has 0 radical (unpaired) electrons. The molecule has 1 saturated heterocycles. The lowest BCUT2D eigenvalue weighted by atomic mass is 9.94. The number of benzene rings is 2. The van der Waals surface area contributed by atoms with Gasteiger partial charge in [0, 0.05) is 6.54 Å². The second kappa shape index (κ2) is 10.5. The van der Waals surface area contributed by atoms with E-state index in [2.05, 4.69) is 4.90 Å². The molecule has 3 aromatic rings. The molecule has 8 nitrogen and oxygen atoms in total. The number of ketones is 1. The number of aliphatic hydroxyl groups excluding tert-OH is 1. The Bertz CT molecular complexity index is 1300. The molecule has 0 bridgehead atoms. The molecule has 0 aliphatic carbocycles. The van der Waals surface area contributed by atoms with Gasteiger partial charge >= 0.3 is 0 Å². The number of rotatable bonds is 9. The van der Waals surface area contributed by atoms with Crippen LogP contribution in [0, 0.1) is 0 Å². The van der Waals surface area contributed by atoms with E-state index in [9.17, 15) is 19.8 Å². The Kier molecular flexibility index (Phi) is 7.01. The van der Waals surface area contributed by atoms with E-state index in [0.717, 1.165) is 31.5 Å². The molecule has 5 rings (SSSR count). The highest BCUT2D eigenvalue weighted by molar-refractivity contribution is 6.15. The van der Waals surface area contributed by atoms with Crippen molar-refractivity contribution in [3.63, 3.8) is 0 Å². The van der Waals surface area contributed by atoms with Crippen LogP contribution in [-0.2, 0) is 4.79 Å². The van der Waals surface area contributed by atoms with Gasteiger partial charge in [-0.15, -0.1) is 0 Å². The molecule has 1 amide bonds. The number of Topliss-reactive ketones (excluding diaryl/α,β-unsaturated/α-hetero) is 1. The number of amides is 1. The predicted octanol–water partition coefficient (Wildman–Crippen LogP) is 4.80. The normalized spacial score (nSPS) is 19.0. The molecule has 0 spiro atoms. The van der Waals surface area contributed by atoms with Crippen LogP contribution in [0.2, 0.25) is 0 Å². The summed E-state index contributed by atoms with van der Waals surface area (Å²) in [6, 6.07) is 16.8. The van der Waals surface area contributed by atoms with Crippen molar-refractivity contribution < 1.29 is 29.0 Å². The summed E-state index contributed by atoms with van der Waals surface area (Å²) < 4.78 is 10.9. The average Bonchev–Trinajstić information content (AvgIpc) is 3.68. The molecule has 0 saturated carbocycles. The van der Waals surface area contributed by atoms with Gasteiger partial charge in [0.15, 0.2) is 23.0 Å². The molecule has 2 N–H and O–H groups in total. The van der Waals surface area contributed by atoms with E-state index in [4.69, 9.17) is 9.15 Å². The molecule has 37 heavy (non-hydrogen) atoms. The zero-order valence-electron chi connectivity index (χ0n) is 20.7. The molecule has 1 aromatic heterocycles. The fourth-order valence-corrected chi connectivity index (χ4v) is 5.28. The maximum atomic E-state index is 13.6. The van der Waals surface area contributed by atoms with Gasteiger partial charge in [0.2, 0.25) is 5.78 Å². The number of furan rings is 1. The maximum Gasteiger partial charge on any atom is 0.290 e. The smallest absolute Gasteiger partial charge is 0.290 e. The van der Waals surface area contributed by atoms with Gasteiger partial charge in [0.05, 0.1) is 30.5 Å². The second-order valence-corrected chi connectivity index (χ2v) is 9.26. The molecule has 1 fully saturated rings. The minimum atomic E-state index is -0.890. The molecule has 2 aliphatic rings. The van der Waals surface area contributed by atoms with Crippen molar-refractivity contribution in [3.05, 3.63) is 95.1 Å². The number of phenolic OH excluding ortho intramolecular Hbond substituents is 1. The Morgan fingerprint density at radius 1 is 1.08 bits per heavy atom. The number of carbonyl (C=O) groups is 2. The molecular weight excluding hydrogens is 472 g/mol. The van der Waals surface area contributed by atoms with Crippen LogP contribution in [0.1, 0.15) is 53.5 Å². The minimum absolute atomic E-state index is 0.0316. The highest BCUT2D eigenvalue weighted by atomic mass is 16.5. The standard InChI is InChI=1S/C29H30N2O6/c1-2-36-24-17-20(12-13-22(24)32)26-25(27(33)23-11-8-16-37-23)28(34)29(35)31(26)18-21(30-14-6-7-15-30)19-9-4-3-5-10-19/h3-5,8-13,16-17,21,26,32,34H,2,6-7,14-15,18H2,1H3. The molecule has 8 heteroatoms. The summed E-state index contributed by atoms with van der Waals surface area (Å²) >= 11 is 0. The first-order chi connectivity index (χ1) is 18.0. The first kappa shape index (κ1) is 24.6. The summed E-state index contributed by atoms with van der Waals surface area (Å²) in [6.07, 6.45) is 3.52. The molecule has 2 unspecified atom stereocenters. The van der Waals surface area contributed by atoms with E-state index < -0.39 is 23.5 Å². The summed E-state index contributed by atoms with van der Waals surface area (Å²) in [5, 5.41) is 21.3. The van der Waals surface area contributed by atoms with Crippen molar-refractivity contribution >= 4 is 11.7 Å². The average molecular weight is 503 g/mol. The maximum absolute atomic E-state index is 13.6. The number of aliphatic hydroxyl groups is 1. The lowest BCUT2D eigenvalue weighted by molar-refractivity contribution is -0.130. The molecule has 2 aromatic carbocycles. The fraction of sp³-hybridized carbons (Fsp3) is 0.310. The van der Waals surface area contributed by atoms with Gasteiger partial charge in [-0.3, -0.25) is 14.5 Å². The lowest BCUT2D eigenvalue weighted by Gasteiger charge is -2.35. The molecule has 2 aliphatic heterocycles. The van der Waals surface area contributed by atoms with Crippen molar-refractivity contribution in [2.75, 3.05) is 26.2 Å². The largest absolute Gasteiger partial charge is 0.504 e. The number of phenols is 1. The third-order valence-corrected chi connectivity index (χ3v) is 7.03. The van der Waals surface area contributed by atoms with Crippen LogP contribution < -0.4 is 4.74 Å². The topological polar surface area (TPSA) is 103 Å². The zero-order valence-corrected chi connectivity index (χ0v) is 20.7. The lowest BCUT2D eigenvalue weighted by Crippen LogP contribution is -2.40. The molecular formula is C29H30N2O6. The Hall–Kier alpha value is -4.04. The molecule has 192 valence electrons. The SMILES string of the molecule is CCOc1cc(C2C(C(=O)c3ccco3)=C(O)C(=O)N2CC(c2ccccc2)N2CCCC2)ccc1O. The number of ether oxygens (including phenoxy) is 1. The number of aromatic hydroxyl groups is 1. The van der Waals surface area contributed by atoms with Crippen molar-refractivity contribution in [1.29, 1.82) is 0 Å². The van der Waals surface area contributed by atoms with E-state index in [0.29, 0.717) is 12.2 Å². The van der Waals surface area contributed by atoms with Crippen molar-refractivity contribution in [3.8, 4) is 11.5 Å². The van der Waals surface area contributed by atoms with Gasteiger partial charge < -0.3 is 24.3 Å². The summed E-state index contributed by atoms with van der Waals surface area (Å²) in [5.74, 6) is -1.55. The third-order valence-electron chi connectivity index (χ3n) is 7.03. The number of hydrogen-bond acceptors (Lipinski definition) is 7. The van der Waals surface area contributed by atoms with Gasteiger partial charge in [-0.05, 0) is 68.2 Å². The van der Waals surface area contributed by atoms with Crippen LogP contribution >= 0.6 is 0 Å². The molecule has 3 heterocycles.